The third-order valence-corrected chi connectivity index (χ3v) is 4.38. The fraction of sp³-hybridized carbons (Fsp3) is 0.529. The maximum atomic E-state index is 12.1. The van der Waals surface area contributed by atoms with Crippen molar-refractivity contribution >= 4 is 11.6 Å². The van der Waals surface area contributed by atoms with Crippen LogP contribution in [0.4, 0.5) is 5.69 Å². The lowest BCUT2D eigenvalue weighted by Crippen LogP contribution is -2.37. The van der Waals surface area contributed by atoms with Crippen LogP contribution in [0.1, 0.15) is 41.0 Å². The smallest absolute Gasteiger partial charge is 0.272 e. The van der Waals surface area contributed by atoms with Crippen molar-refractivity contribution in [1.29, 1.82) is 0 Å². The van der Waals surface area contributed by atoms with E-state index in [-0.39, 0.29) is 5.91 Å². The highest BCUT2D eigenvalue weighted by Crippen LogP contribution is 2.26. The van der Waals surface area contributed by atoms with Gasteiger partial charge >= 0.3 is 0 Å². The van der Waals surface area contributed by atoms with Crippen LogP contribution in [0.3, 0.4) is 0 Å². The van der Waals surface area contributed by atoms with Gasteiger partial charge in [0.2, 0.25) is 0 Å². The number of carbonyl (C=O) groups excluding carboxylic acids is 1. The first kappa shape index (κ1) is 16.4. The first-order valence-corrected chi connectivity index (χ1v) is 8.28. The zero-order chi connectivity index (χ0) is 17.3. The van der Waals surface area contributed by atoms with Crippen molar-refractivity contribution in [1.82, 2.24) is 24.6 Å². The van der Waals surface area contributed by atoms with Gasteiger partial charge in [0, 0.05) is 39.1 Å². The van der Waals surface area contributed by atoms with E-state index in [9.17, 15) is 4.79 Å². The van der Waals surface area contributed by atoms with E-state index in [2.05, 4.69) is 20.0 Å². The van der Waals surface area contributed by atoms with Crippen LogP contribution in [-0.4, -0.2) is 57.7 Å². The molecule has 3 heterocycles. The van der Waals surface area contributed by atoms with E-state index < -0.39 is 0 Å². The molecular weight excluding hydrogens is 304 g/mol. The van der Waals surface area contributed by atoms with E-state index in [1.165, 1.54) is 0 Å². The minimum absolute atomic E-state index is 0.0758. The first-order valence-electron chi connectivity index (χ1n) is 8.28. The van der Waals surface area contributed by atoms with E-state index in [1.807, 2.05) is 30.7 Å². The predicted octanol–water partition coefficient (Wildman–Crippen LogP) is 1.83. The number of nitrogens with zero attached hydrogens (tertiary/aromatic N) is 6. The molecule has 0 aromatic carbocycles. The van der Waals surface area contributed by atoms with Crippen LogP contribution in [0.5, 0.6) is 0 Å². The molecule has 1 saturated heterocycles. The van der Waals surface area contributed by atoms with E-state index in [0.29, 0.717) is 11.7 Å². The lowest BCUT2D eigenvalue weighted by Gasteiger charge is -2.34. The van der Waals surface area contributed by atoms with Crippen molar-refractivity contribution in [2.24, 2.45) is 0 Å². The summed E-state index contributed by atoms with van der Waals surface area (Å²) in [5, 5.41) is 4.54. The summed E-state index contributed by atoms with van der Waals surface area (Å²) in [6.45, 7) is 5.76. The van der Waals surface area contributed by atoms with Crippen molar-refractivity contribution in [3.05, 3.63) is 35.7 Å². The monoisotopic (exact) mass is 328 g/mol. The summed E-state index contributed by atoms with van der Waals surface area (Å²) in [7, 11) is 3.48. The summed E-state index contributed by atoms with van der Waals surface area (Å²) < 4.78 is 2.04. The largest absolute Gasteiger partial charge is 0.369 e. The fourth-order valence-corrected chi connectivity index (χ4v) is 3.23. The second-order valence-corrected chi connectivity index (χ2v) is 6.49. The highest BCUT2D eigenvalue weighted by atomic mass is 16.2. The van der Waals surface area contributed by atoms with Crippen molar-refractivity contribution < 1.29 is 4.79 Å². The normalized spacial score (nSPS) is 17.8. The molecule has 24 heavy (non-hydrogen) atoms. The molecular formula is C17H24N6O. The molecule has 0 saturated carbocycles. The average Bonchev–Trinajstić information content (AvgIpc) is 2.92. The van der Waals surface area contributed by atoms with Gasteiger partial charge in [0.05, 0.1) is 6.04 Å². The third-order valence-electron chi connectivity index (χ3n) is 4.38. The second kappa shape index (κ2) is 6.59. The fourth-order valence-electron chi connectivity index (χ4n) is 3.23. The zero-order valence-electron chi connectivity index (χ0n) is 14.7. The lowest BCUT2D eigenvalue weighted by molar-refractivity contribution is 0.0822. The minimum atomic E-state index is -0.0758. The van der Waals surface area contributed by atoms with Crippen LogP contribution >= 0.6 is 0 Å². The van der Waals surface area contributed by atoms with Crippen molar-refractivity contribution in [2.45, 2.75) is 32.7 Å². The summed E-state index contributed by atoms with van der Waals surface area (Å²) >= 11 is 0. The highest BCUT2D eigenvalue weighted by molar-refractivity contribution is 5.92. The number of carbonyl (C=O) groups is 1. The number of hydrogen-bond acceptors (Lipinski definition) is 5. The van der Waals surface area contributed by atoms with Crippen LogP contribution in [0.2, 0.25) is 0 Å². The summed E-state index contributed by atoms with van der Waals surface area (Å²) in [5.41, 5.74) is 1.52. The Morgan fingerprint density at radius 1 is 1.33 bits per heavy atom. The predicted molar refractivity (Wildman–Crippen MR) is 92.2 cm³/mol. The van der Waals surface area contributed by atoms with E-state index >= 15 is 0 Å². The Kier molecular flexibility index (Phi) is 4.51. The summed E-state index contributed by atoms with van der Waals surface area (Å²) in [6.07, 6.45) is 3.89. The van der Waals surface area contributed by atoms with Crippen molar-refractivity contribution in [3.8, 4) is 0 Å². The van der Waals surface area contributed by atoms with Crippen molar-refractivity contribution in [2.75, 3.05) is 32.1 Å². The number of aryl methyl sites for hydroxylation is 2. The number of pyridine rings is 1. The average molecular weight is 328 g/mol. The number of anilines is 1. The van der Waals surface area contributed by atoms with Crippen LogP contribution in [0.15, 0.2) is 18.3 Å². The van der Waals surface area contributed by atoms with Gasteiger partial charge in [0.1, 0.15) is 17.3 Å². The molecule has 1 amide bonds. The molecule has 1 aliphatic heterocycles. The van der Waals surface area contributed by atoms with Gasteiger partial charge in [-0.05, 0) is 38.8 Å². The van der Waals surface area contributed by atoms with E-state index in [0.717, 1.165) is 43.3 Å². The highest BCUT2D eigenvalue weighted by Gasteiger charge is 2.24. The quantitative estimate of drug-likeness (QED) is 0.860. The minimum Gasteiger partial charge on any atom is -0.369 e. The van der Waals surface area contributed by atoms with Gasteiger partial charge in [0.25, 0.3) is 5.91 Å². The lowest BCUT2D eigenvalue weighted by atomic mass is 10.0. The van der Waals surface area contributed by atoms with Gasteiger partial charge in [-0.15, -0.1) is 0 Å². The molecule has 0 aliphatic carbocycles. The van der Waals surface area contributed by atoms with Gasteiger partial charge in [0.15, 0.2) is 0 Å². The molecule has 1 fully saturated rings. The molecule has 2 aromatic rings. The first-order chi connectivity index (χ1) is 11.5. The molecule has 7 heteroatoms. The maximum absolute atomic E-state index is 12.1. The maximum Gasteiger partial charge on any atom is 0.272 e. The molecule has 1 atom stereocenters. The Morgan fingerprint density at radius 3 is 2.79 bits per heavy atom. The van der Waals surface area contributed by atoms with Gasteiger partial charge in [-0.2, -0.15) is 5.10 Å². The number of aromatic nitrogens is 4. The number of amides is 1. The van der Waals surface area contributed by atoms with Crippen LogP contribution in [-0.2, 0) is 0 Å². The molecule has 0 bridgehead atoms. The number of hydrogen-bond donors (Lipinski definition) is 0. The molecule has 128 valence electrons. The van der Waals surface area contributed by atoms with Crippen LogP contribution < -0.4 is 4.90 Å². The van der Waals surface area contributed by atoms with Gasteiger partial charge in [-0.3, -0.25) is 9.78 Å². The Balaban J connectivity index is 1.81. The zero-order valence-corrected chi connectivity index (χ0v) is 14.7. The summed E-state index contributed by atoms with van der Waals surface area (Å²) in [6, 6.07) is 4.15. The summed E-state index contributed by atoms with van der Waals surface area (Å²) in [5.74, 6) is 1.69. The Bertz CT molecular complexity index is 738. The van der Waals surface area contributed by atoms with Crippen LogP contribution in [0.25, 0.3) is 0 Å². The SMILES string of the molecule is Cc1nc(C)n(C2CCCN(c3ccnc(C(=O)N(C)C)c3)C2)n1. The van der Waals surface area contributed by atoms with Gasteiger partial charge < -0.3 is 9.80 Å². The molecule has 2 aromatic heterocycles. The van der Waals surface area contributed by atoms with E-state index in [1.54, 1.807) is 25.2 Å². The summed E-state index contributed by atoms with van der Waals surface area (Å²) in [4.78, 5) is 24.6. The van der Waals surface area contributed by atoms with Crippen molar-refractivity contribution in [3.63, 3.8) is 0 Å². The van der Waals surface area contributed by atoms with Gasteiger partial charge in [-0.1, -0.05) is 0 Å². The Morgan fingerprint density at radius 2 is 2.12 bits per heavy atom. The van der Waals surface area contributed by atoms with Gasteiger partial charge in [-0.25, -0.2) is 9.67 Å². The van der Waals surface area contributed by atoms with E-state index in [4.69, 9.17) is 0 Å². The molecule has 0 N–H and O–H groups in total. The molecule has 3 rings (SSSR count). The molecule has 7 nitrogen and oxygen atoms in total. The standard InChI is InChI=1S/C17H24N6O/c1-12-19-13(2)23(20-12)15-6-5-9-22(11-15)14-7-8-18-16(10-14)17(24)21(3)4/h7-8,10,15H,5-6,9,11H2,1-4H3. The van der Waals surface area contributed by atoms with Crippen LogP contribution in [0, 0.1) is 13.8 Å². The molecule has 0 radical (unpaired) electrons. The third kappa shape index (κ3) is 3.25. The Hall–Kier alpha value is -2.44. The molecule has 1 unspecified atom stereocenters. The number of piperidine rings is 1. The Labute approximate surface area is 142 Å². The molecule has 1 aliphatic rings. The number of rotatable bonds is 3. The molecule has 0 spiro atoms. The topological polar surface area (TPSA) is 67.2 Å². The second-order valence-electron chi connectivity index (χ2n) is 6.49.